The van der Waals surface area contributed by atoms with Gasteiger partial charge in [0.15, 0.2) is 0 Å². The molecule has 1 radical (unpaired) electrons. The van der Waals surface area contributed by atoms with Crippen LogP contribution in [0, 0.1) is 0 Å². The molecule has 4 aromatic rings. The molecule has 0 amide bonds. The van der Waals surface area contributed by atoms with Crippen LogP contribution in [0.15, 0.2) is 104 Å². The molecular weight excluding hydrogens is 503 g/mol. The third-order valence-electron chi connectivity index (χ3n) is 3.64. The monoisotopic (exact) mass is 521 g/mol. The van der Waals surface area contributed by atoms with E-state index < -0.39 is 0 Å². The topological polar surface area (TPSA) is 116 Å². The van der Waals surface area contributed by atoms with E-state index in [0.717, 1.165) is 9.75 Å². The van der Waals surface area contributed by atoms with Gasteiger partial charge >= 0.3 is 0 Å². The first-order valence-corrected chi connectivity index (χ1v) is 11.0. The Labute approximate surface area is 208 Å². The number of aromatic nitrogens is 2. The van der Waals surface area contributed by atoms with Gasteiger partial charge in [-0.05, 0) is 47.2 Å². The van der Waals surface area contributed by atoms with E-state index >= 15 is 0 Å². The predicted molar refractivity (Wildman–Crippen MR) is 131 cm³/mol. The van der Waals surface area contributed by atoms with E-state index in [-0.39, 0.29) is 28.6 Å². The molecule has 0 atom stereocenters. The maximum atomic E-state index is 9.56. The van der Waals surface area contributed by atoms with Crippen LogP contribution in [0.25, 0.3) is 0 Å². The third kappa shape index (κ3) is 9.25. The van der Waals surface area contributed by atoms with Crippen molar-refractivity contribution >= 4 is 46.9 Å². The van der Waals surface area contributed by atoms with Gasteiger partial charge in [-0.2, -0.15) is 10.2 Å². The Kier molecular flexibility index (Phi) is 11.3. The van der Waals surface area contributed by atoms with E-state index in [1.807, 2.05) is 35.0 Å². The van der Waals surface area contributed by atoms with Gasteiger partial charge in [0, 0.05) is 62.4 Å². The van der Waals surface area contributed by atoms with Gasteiger partial charge in [-0.15, -0.1) is 32.9 Å². The van der Waals surface area contributed by atoms with E-state index in [4.69, 9.17) is 0 Å². The van der Waals surface area contributed by atoms with Crippen LogP contribution < -0.4 is 0 Å². The molecule has 0 bridgehead atoms. The summed E-state index contributed by atoms with van der Waals surface area (Å²) in [6, 6.07) is 14.4. The van der Waals surface area contributed by atoms with Gasteiger partial charge in [0.05, 0.1) is 12.4 Å². The summed E-state index contributed by atoms with van der Waals surface area (Å²) in [6.07, 6.45) is 9.55. The second kappa shape index (κ2) is 14.5. The van der Waals surface area contributed by atoms with Crippen LogP contribution in [0.4, 0.5) is 0 Å². The maximum Gasteiger partial charge on any atom is 0.238 e. The summed E-state index contributed by atoms with van der Waals surface area (Å²) in [5.74, 6) is -0.231. The van der Waals surface area contributed by atoms with Crippen LogP contribution in [-0.2, 0) is 16.8 Å². The first-order valence-electron chi connectivity index (χ1n) is 9.20. The van der Waals surface area contributed by atoms with Crippen molar-refractivity contribution in [3.8, 4) is 0 Å². The van der Waals surface area contributed by atoms with Crippen molar-refractivity contribution in [3.05, 3.63) is 105 Å². The zero-order chi connectivity index (χ0) is 22.4. The molecule has 8 nitrogen and oxygen atoms in total. The number of rotatable bonds is 6. The predicted octanol–water partition coefficient (Wildman–Crippen LogP) is 4.96. The molecule has 0 aliphatic rings. The number of nitrogens with zero attached hydrogens (tertiary/aromatic N) is 6. The van der Waals surface area contributed by atoms with E-state index in [9.17, 15) is 10.2 Å². The zero-order valence-electron chi connectivity index (χ0n) is 17.0. The number of aliphatic hydroxyl groups is 2. The van der Waals surface area contributed by atoms with Crippen LogP contribution in [0.3, 0.4) is 0 Å². The average molecular weight is 521 g/mol. The molecule has 0 aliphatic carbocycles. The average Bonchev–Trinajstić information content (AvgIpc) is 3.55. The number of pyridine rings is 2. The molecule has 0 aromatic carbocycles. The molecule has 0 aliphatic heterocycles. The minimum absolute atomic E-state index is 0. The summed E-state index contributed by atoms with van der Waals surface area (Å²) in [6.45, 7) is 0. The molecule has 0 unspecified atom stereocenters. The minimum atomic E-state index is -0.116. The van der Waals surface area contributed by atoms with Crippen molar-refractivity contribution in [2.45, 2.75) is 0 Å². The molecule has 0 spiro atoms. The Balaban J connectivity index is 0.000000227. The Bertz CT molecular complexity index is 1080. The second-order valence-corrected chi connectivity index (χ2v) is 7.80. The van der Waals surface area contributed by atoms with Gasteiger partial charge in [-0.25, -0.2) is 0 Å². The Morgan fingerprint density at radius 3 is 1.39 bits per heavy atom. The second-order valence-electron chi connectivity index (χ2n) is 5.84. The van der Waals surface area contributed by atoms with Gasteiger partial charge in [-0.3, -0.25) is 9.97 Å². The van der Waals surface area contributed by atoms with Crippen LogP contribution in [-0.4, -0.2) is 44.4 Å². The van der Waals surface area contributed by atoms with Crippen LogP contribution in [0.2, 0.25) is 0 Å². The first kappa shape index (κ1) is 25.7. The molecular formula is C22H18CoN6O2S2. The van der Waals surface area contributed by atoms with Crippen molar-refractivity contribution < 1.29 is 27.0 Å². The fourth-order valence-electron chi connectivity index (χ4n) is 2.13. The maximum absolute atomic E-state index is 9.56. The Morgan fingerprint density at radius 1 is 0.667 bits per heavy atom. The smallest absolute Gasteiger partial charge is 0.238 e. The van der Waals surface area contributed by atoms with E-state index in [2.05, 4.69) is 30.4 Å². The van der Waals surface area contributed by atoms with Crippen molar-refractivity contribution in [2.24, 2.45) is 20.4 Å². The molecule has 0 fully saturated rings. The Morgan fingerprint density at radius 2 is 1.06 bits per heavy atom. The molecule has 33 heavy (non-hydrogen) atoms. The fourth-order valence-corrected chi connectivity index (χ4v) is 3.29. The van der Waals surface area contributed by atoms with E-state index in [0.29, 0.717) is 11.1 Å². The standard InChI is InChI=1S/2C11H9N3OS.Co/c2*15-11(9-3-5-12-6-4-9)14-13-8-10-2-1-7-16-10;/h2*1-8H,(H,14,15);/b2*13-8+;. The normalized spacial score (nSPS) is 11.8. The molecule has 0 saturated carbocycles. The number of aliphatic hydroxyl groups excluding tert-OH is 2. The largest absolute Gasteiger partial charge is 0.492 e. The number of hydrogen-bond donors (Lipinski definition) is 2. The summed E-state index contributed by atoms with van der Waals surface area (Å²) in [7, 11) is 0. The fraction of sp³-hybridized carbons (Fsp3) is 0. The van der Waals surface area contributed by atoms with E-state index in [1.54, 1.807) is 84.2 Å². The van der Waals surface area contributed by atoms with Gasteiger partial charge in [0.2, 0.25) is 11.8 Å². The quantitative estimate of drug-likeness (QED) is 0.212. The molecule has 4 heterocycles. The minimum Gasteiger partial charge on any atom is -0.492 e. The van der Waals surface area contributed by atoms with Crippen molar-refractivity contribution in [3.63, 3.8) is 0 Å². The third-order valence-corrected chi connectivity index (χ3v) is 5.25. The van der Waals surface area contributed by atoms with Crippen LogP contribution >= 0.6 is 22.7 Å². The molecule has 4 aromatic heterocycles. The SMILES string of the molecule is O/C(=N/N=C/c1cccs1)c1ccncc1.O/C(=N/N=C/c1cccs1)c1ccncc1.[Co]. The molecule has 2 N–H and O–H groups in total. The molecule has 0 saturated heterocycles. The van der Waals surface area contributed by atoms with Crippen molar-refractivity contribution in [2.75, 3.05) is 0 Å². The summed E-state index contributed by atoms with van der Waals surface area (Å²) in [5, 5.41) is 38.0. The zero-order valence-corrected chi connectivity index (χ0v) is 19.6. The summed E-state index contributed by atoms with van der Waals surface area (Å²) < 4.78 is 0. The van der Waals surface area contributed by atoms with Gasteiger partial charge < -0.3 is 10.2 Å². The number of thiophene rings is 2. The van der Waals surface area contributed by atoms with Gasteiger partial charge in [0.1, 0.15) is 0 Å². The van der Waals surface area contributed by atoms with Crippen LogP contribution in [0.1, 0.15) is 20.9 Å². The first-order chi connectivity index (χ1) is 15.7. The van der Waals surface area contributed by atoms with Gasteiger partial charge in [-0.1, -0.05) is 12.1 Å². The summed E-state index contributed by atoms with van der Waals surface area (Å²) >= 11 is 3.12. The summed E-state index contributed by atoms with van der Waals surface area (Å²) in [4.78, 5) is 9.68. The summed E-state index contributed by atoms with van der Waals surface area (Å²) in [5.41, 5.74) is 1.19. The Hall–Kier alpha value is -3.51. The van der Waals surface area contributed by atoms with Crippen molar-refractivity contribution in [1.82, 2.24) is 9.97 Å². The van der Waals surface area contributed by atoms with Crippen molar-refractivity contribution in [1.29, 1.82) is 0 Å². The van der Waals surface area contributed by atoms with Gasteiger partial charge in [0.25, 0.3) is 0 Å². The molecule has 169 valence electrons. The molecule has 4 rings (SSSR count). The molecule has 11 heteroatoms. The number of hydrogen-bond acceptors (Lipinski definition) is 8. The van der Waals surface area contributed by atoms with Crippen LogP contribution in [0.5, 0.6) is 0 Å². The van der Waals surface area contributed by atoms with E-state index in [1.165, 1.54) is 0 Å².